The van der Waals surface area contributed by atoms with Crippen molar-refractivity contribution < 1.29 is 4.79 Å². The summed E-state index contributed by atoms with van der Waals surface area (Å²) in [7, 11) is 6.00. The summed E-state index contributed by atoms with van der Waals surface area (Å²) in [6, 6.07) is 8.25. The van der Waals surface area contributed by atoms with Gasteiger partial charge in [-0.15, -0.1) is 11.6 Å². The summed E-state index contributed by atoms with van der Waals surface area (Å²) in [4.78, 5) is 24.0. The maximum absolute atomic E-state index is 10.9. The molecule has 1 aliphatic heterocycles. The summed E-state index contributed by atoms with van der Waals surface area (Å²) in [5.74, 6) is 0.907. The Hall–Kier alpha value is -1.67. The van der Waals surface area contributed by atoms with E-state index in [1.54, 1.807) is 6.33 Å². The highest BCUT2D eigenvalue weighted by Crippen LogP contribution is 2.26. The van der Waals surface area contributed by atoms with Crippen LogP contribution >= 0.6 is 23.4 Å². The average Bonchev–Trinajstić information content (AvgIpc) is 2.72. The van der Waals surface area contributed by atoms with Gasteiger partial charge in [0.15, 0.2) is 0 Å². The fourth-order valence-corrected chi connectivity index (χ4v) is 4.08. The number of hydrogen-bond acceptors (Lipinski definition) is 7. The van der Waals surface area contributed by atoms with E-state index in [2.05, 4.69) is 26.3 Å². The Morgan fingerprint density at radius 3 is 2.60 bits per heavy atom. The van der Waals surface area contributed by atoms with E-state index >= 15 is 0 Å². The van der Waals surface area contributed by atoms with Crippen LogP contribution in [0.25, 0.3) is 0 Å². The molecule has 30 heavy (non-hydrogen) atoms. The Balaban J connectivity index is 0.000000735. The number of thioether (sulfide) groups is 1. The molecule has 0 amide bonds. The first kappa shape index (κ1) is 24.6. The lowest BCUT2D eigenvalue weighted by Gasteiger charge is -2.33. The van der Waals surface area contributed by atoms with Crippen LogP contribution in [0.5, 0.6) is 0 Å². The van der Waals surface area contributed by atoms with Gasteiger partial charge in [0.2, 0.25) is 0 Å². The number of rotatable bonds is 7. The van der Waals surface area contributed by atoms with Gasteiger partial charge in [0.25, 0.3) is 0 Å². The summed E-state index contributed by atoms with van der Waals surface area (Å²) < 4.78 is 0. The van der Waals surface area contributed by atoms with Crippen LogP contribution in [-0.2, 0) is 6.54 Å². The van der Waals surface area contributed by atoms with Crippen molar-refractivity contribution in [3.05, 3.63) is 47.3 Å². The third kappa shape index (κ3) is 8.22. The van der Waals surface area contributed by atoms with E-state index in [1.165, 1.54) is 17.3 Å². The number of aldehydes is 1. The lowest BCUT2D eigenvalue weighted by molar-refractivity contribution is 0.112. The van der Waals surface area contributed by atoms with E-state index < -0.39 is 0 Å². The number of alkyl halides is 1. The van der Waals surface area contributed by atoms with Gasteiger partial charge < -0.3 is 10.2 Å². The molecule has 0 bridgehead atoms. The Morgan fingerprint density at radius 2 is 1.97 bits per heavy atom. The van der Waals surface area contributed by atoms with Crippen molar-refractivity contribution >= 4 is 35.5 Å². The van der Waals surface area contributed by atoms with Gasteiger partial charge in [-0.2, -0.15) is 0 Å². The van der Waals surface area contributed by atoms with E-state index in [0.717, 1.165) is 60.7 Å². The molecule has 1 N–H and O–H groups in total. The van der Waals surface area contributed by atoms with Gasteiger partial charge in [-0.25, -0.2) is 9.97 Å². The van der Waals surface area contributed by atoms with Gasteiger partial charge in [-0.1, -0.05) is 30.0 Å². The van der Waals surface area contributed by atoms with Crippen LogP contribution in [0.2, 0.25) is 0 Å². The fourth-order valence-electron chi connectivity index (χ4n) is 3.23. The largest absolute Gasteiger partial charge is 0.367 e. The quantitative estimate of drug-likeness (QED) is 0.295. The maximum atomic E-state index is 10.9. The van der Waals surface area contributed by atoms with Crippen LogP contribution in [-0.4, -0.2) is 71.5 Å². The first-order valence-corrected chi connectivity index (χ1v) is 11.6. The zero-order valence-electron chi connectivity index (χ0n) is 18.3. The Labute approximate surface area is 189 Å². The lowest BCUT2D eigenvalue weighted by atomic mass is 10.0. The monoisotopic (exact) mass is 449 g/mol. The highest BCUT2D eigenvalue weighted by Gasteiger charge is 2.20. The minimum Gasteiger partial charge on any atom is -0.367 e. The molecule has 1 fully saturated rings. The second-order valence-corrected chi connectivity index (χ2v) is 9.35. The highest BCUT2D eigenvalue weighted by molar-refractivity contribution is 8.00. The number of benzene rings is 1. The van der Waals surface area contributed by atoms with Crippen molar-refractivity contribution in [2.24, 2.45) is 0 Å². The molecular formula is C22H32ClN5OS. The first-order valence-electron chi connectivity index (χ1n) is 10.1. The predicted octanol–water partition coefficient (Wildman–Crippen LogP) is 4.14. The topological polar surface area (TPSA) is 61.4 Å². The number of aromatic nitrogens is 2. The van der Waals surface area contributed by atoms with Crippen molar-refractivity contribution in [1.29, 1.82) is 0 Å². The average molecular weight is 450 g/mol. The smallest absolute Gasteiger partial charge is 0.150 e. The third-order valence-electron chi connectivity index (χ3n) is 4.65. The van der Waals surface area contributed by atoms with Gasteiger partial charge in [0, 0.05) is 36.8 Å². The summed E-state index contributed by atoms with van der Waals surface area (Å²) >= 11 is 7.34. The second-order valence-electron chi connectivity index (χ2n) is 7.81. The molecule has 0 saturated carbocycles. The van der Waals surface area contributed by atoms with Crippen LogP contribution in [0.4, 0.5) is 5.82 Å². The van der Waals surface area contributed by atoms with Crippen molar-refractivity contribution in [2.45, 2.75) is 37.4 Å². The number of nitrogens with zero attached hydrogens (tertiary/aromatic N) is 4. The van der Waals surface area contributed by atoms with E-state index in [0.29, 0.717) is 11.3 Å². The van der Waals surface area contributed by atoms with Crippen molar-refractivity contribution in [1.82, 2.24) is 19.8 Å². The molecule has 1 aliphatic rings. The molecule has 0 aliphatic carbocycles. The van der Waals surface area contributed by atoms with Gasteiger partial charge >= 0.3 is 0 Å². The number of halogens is 1. The number of carbonyl (C=O) groups is 1. The number of piperidine rings is 1. The molecule has 1 saturated heterocycles. The molecule has 2 heterocycles. The lowest BCUT2D eigenvalue weighted by Crippen LogP contribution is -2.39. The van der Waals surface area contributed by atoms with Crippen LogP contribution in [0, 0.1) is 6.92 Å². The zero-order valence-corrected chi connectivity index (χ0v) is 19.8. The van der Waals surface area contributed by atoms with Gasteiger partial charge in [0.05, 0.1) is 5.21 Å². The van der Waals surface area contributed by atoms with E-state index in [4.69, 9.17) is 11.6 Å². The standard InChI is InChI=1S/C19H23ClN4OS.C3H9N/c1-14-18(21-13-22-19(14)26-12-20)23-17-5-7-24(8-6-17)10-15-3-2-4-16(9-15)11-25;1-4(2)3/h2-4,9,11,13,17H,5-8,10,12H2,1H3,(H,21,22,23);1-3H3. The number of anilines is 1. The highest BCUT2D eigenvalue weighted by atomic mass is 35.5. The molecule has 0 unspecified atom stereocenters. The predicted molar refractivity (Wildman–Crippen MR) is 127 cm³/mol. The van der Waals surface area contributed by atoms with Gasteiger partial charge in [-0.3, -0.25) is 9.69 Å². The molecule has 0 radical (unpaired) electrons. The van der Waals surface area contributed by atoms with Crippen LogP contribution in [0.3, 0.4) is 0 Å². The molecule has 6 nitrogen and oxygen atoms in total. The van der Waals surface area contributed by atoms with Crippen molar-refractivity contribution in [3.63, 3.8) is 0 Å². The number of nitrogens with one attached hydrogen (secondary N) is 1. The fraction of sp³-hybridized carbons (Fsp3) is 0.500. The molecule has 1 aromatic carbocycles. The molecule has 2 aromatic rings. The zero-order chi connectivity index (χ0) is 21.9. The molecule has 0 spiro atoms. The van der Waals surface area contributed by atoms with E-state index in [9.17, 15) is 4.79 Å². The number of hydrogen-bond donors (Lipinski definition) is 1. The van der Waals surface area contributed by atoms with E-state index in [1.807, 2.05) is 51.2 Å². The summed E-state index contributed by atoms with van der Waals surface area (Å²) in [5.41, 5.74) is 2.99. The number of likely N-dealkylation sites (tertiary alicyclic amines) is 1. The SMILES string of the molecule is CN(C)C.Cc1c(NC2CCN(Cc3cccc(C=O)c3)CC2)ncnc1SCCl. The minimum absolute atomic E-state index is 0.412. The second kappa shape index (κ2) is 12.9. The van der Waals surface area contributed by atoms with Crippen LogP contribution in [0.1, 0.15) is 34.3 Å². The first-order chi connectivity index (χ1) is 14.4. The van der Waals surface area contributed by atoms with Crippen LogP contribution < -0.4 is 5.32 Å². The molecule has 3 rings (SSSR count). The Morgan fingerprint density at radius 1 is 1.27 bits per heavy atom. The minimum atomic E-state index is 0.412. The van der Waals surface area contributed by atoms with Crippen molar-refractivity contribution in [3.8, 4) is 0 Å². The molecule has 164 valence electrons. The summed E-state index contributed by atoms with van der Waals surface area (Å²) in [6.45, 7) is 4.97. The molecule has 1 aromatic heterocycles. The Kier molecular flexibility index (Phi) is 10.6. The third-order valence-corrected chi connectivity index (χ3v) is 5.77. The van der Waals surface area contributed by atoms with Gasteiger partial charge in [0.1, 0.15) is 23.5 Å². The Bertz CT molecular complexity index is 794. The molecule has 0 atom stereocenters. The van der Waals surface area contributed by atoms with E-state index in [-0.39, 0.29) is 0 Å². The maximum Gasteiger partial charge on any atom is 0.150 e. The van der Waals surface area contributed by atoms with Gasteiger partial charge in [-0.05, 0) is 52.5 Å². The van der Waals surface area contributed by atoms with Crippen molar-refractivity contribution in [2.75, 3.05) is 44.8 Å². The van der Waals surface area contributed by atoms with Crippen LogP contribution in [0.15, 0.2) is 35.6 Å². The number of carbonyl (C=O) groups excluding carboxylic acids is 1. The summed E-state index contributed by atoms with van der Waals surface area (Å²) in [5, 5.41) is 4.99. The normalized spacial score (nSPS) is 14.9. The summed E-state index contributed by atoms with van der Waals surface area (Å²) in [6.07, 6.45) is 4.63. The molecular weight excluding hydrogens is 418 g/mol. The molecule has 8 heteroatoms.